The molecule has 1 aromatic rings. The monoisotopic (exact) mass is 347 g/mol. The third kappa shape index (κ3) is 8.54. The highest BCUT2D eigenvalue weighted by Crippen LogP contribution is 2.16. The van der Waals surface area contributed by atoms with Crippen molar-refractivity contribution in [1.29, 1.82) is 0 Å². The summed E-state index contributed by atoms with van der Waals surface area (Å²) in [6, 6.07) is 10.6. The van der Waals surface area contributed by atoms with Crippen LogP contribution in [0.5, 0.6) is 0 Å². The fourth-order valence-electron chi connectivity index (χ4n) is 2.42. The molecular weight excluding hydrogens is 314 g/mol. The van der Waals surface area contributed by atoms with E-state index in [9.17, 15) is 4.79 Å². The van der Waals surface area contributed by atoms with E-state index in [1.807, 2.05) is 45.9 Å². The molecule has 0 fully saturated rings. The summed E-state index contributed by atoms with van der Waals surface area (Å²) in [4.78, 5) is 18.5. The van der Waals surface area contributed by atoms with Crippen molar-refractivity contribution in [3.8, 4) is 0 Å². The molecular formula is C19H33N5O. The Bertz CT molecular complexity index is 549. The Kier molecular flexibility index (Phi) is 8.41. The second-order valence-electron chi connectivity index (χ2n) is 7.26. The Balaban J connectivity index is 2.69. The zero-order valence-corrected chi connectivity index (χ0v) is 16.4. The molecule has 0 aliphatic carbocycles. The molecule has 0 aliphatic rings. The van der Waals surface area contributed by atoms with Crippen LogP contribution in [0.3, 0.4) is 0 Å². The zero-order chi connectivity index (χ0) is 18.9. The molecule has 140 valence electrons. The molecule has 0 spiro atoms. The van der Waals surface area contributed by atoms with Gasteiger partial charge in [-0.15, -0.1) is 0 Å². The molecule has 1 rings (SSSR count). The number of amides is 1. The SMILES string of the molecule is CCNC(=NCC(=O)NC(C)(C)C)NCC(c1ccccc1)N(C)C. The quantitative estimate of drug-likeness (QED) is 0.519. The number of carbonyl (C=O) groups is 1. The lowest BCUT2D eigenvalue weighted by atomic mass is 10.1. The zero-order valence-electron chi connectivity index (χ0n) is 16.4. The molecule has 25 heavy (non-hydrogen) atoms. The molecule has 1 aromatic carbocycles. The van der Waals surface area contributed by atoms with Crippen LogP contribution in [0.2, 0.25) is 0 Å². The lowest BCUT2D eigenvalue weighted by Crippen LogP contribution is -2.44. The molecule has 0 aromatic heterocycles. The highest BCUT2D eigenvalue weighted by Gasteiger charge is 2.15. The van der Waals surface area contributed by atoms with Gasteiger partial charge < -0.3 is 20.9 Å². The average molecular weight is 348 g/mol. The van der Waals surface area contributed by atoms with Crippen molar-refractivity contribution in [3.63, 3.8) is 0 Å². The number of benzene rings is 1. The molecule has 3 N–H and O–H groups in total. The van der Waals surface area contributed by atoms with Gasteiger partial charge in [-0.1, -0.05) is 30.3 Å². The molecule has 0 heterocycles. The van der Waals surface area contributed by atoms with Gasteiger partial charge in [-0.2, -0.15) is 0 Å². The van der Waals surface area contributed by atoms with E-state index in [1.165, 1.54) is 5.56 Å². The van der Waals surface area contributed by atoms with E-state index in [2.05, 4.69) is 52.1 Å². The van der Waals surface area contributed by atoms with Gasteiger partial charge in [0.1, 0.15) is 6.54 Å². The third-order valence-corrected chi connectivity index (χ3v) is 3.51. The minimum atomic E-state index is -0.248. The summed E-state index contributed by atoms with van der Waals surface area (Å²) < 4.78 is 0. The van der Waals surface area contributed by atoms with E-state index in [-0.39, 0.29) is 24.0 Å². The van der Waals surface area contributed by atoms with Crippen molar-refractivity contribution in [1.82, 2.24) is 20.9 Å². The smallest absolute Gasteiger partial charge is 0.242 e. The van der Waals surface area contributed by atoms with Crippen LogP contribution >= 0.6 is 0 Å². The lowest BCUT2D eigenvalue weighted by molar-refractivity contribution is -0.121. The largest absolute Gasteiger partial charge is 0.357 e. The van der Waals surface area contributed by atoms with Crippen LogP contribution in [0.15, 0.2) is 35.3 Å². The molecule has 0 saturated heterocycles. The molecule has 1 amide bonds. The van der Waals surface area contributed by atoms with Crippen molar-refractivity contribution >= 4 is 11.9 Å². The van der Waals surface area contributed by atoms with Crippen LogP contribution < -0.4 is 16.0 Å². The highest BCUT2D eigenvalue weighted by atomic mass is 16.2. The maximum absolute atomic E-state index is 12.0. The fraction of sp³-hybridized carbons (Fsp3) is 0.579. The number of guanidine groups is 1. The average Bonchev–Trinajstić information content (AvgIpc) is 2.51. The third-order valence-electron chi connectivity index (χ3n) is 3.51. The molecule has 1 atom stereocenters. The summed E-state index contributed by atoms with van der Waals surface area (Å²) >= 11 is 0. The van der Waals surface area contributed by atoms with Gasteiger partial charge in [-0.3, -0.25) is 4.79 Å². The molecule has 0 saturated carbocycles. The number of rotatable bonds is 7. The van der Waals surface area contributed by atoms with Gasteiger partial charge in [0.25, 0.3) is 0 Å². The predicted molar refractivity (Wildman–Crippen MR) is 105 cm³/mol. The Labute approximate surface area is 152 Å². The van der Waals surface area contributed by atoms with Gasteiger partial charge in [-0.25, -0.2) is 4.99 Å². The van der Waals surface area contributed by atoms with Crippen molar-refractivity contribution in [2.75, 3.05) is 33.7 Å². The molecule has 6 nitrogen and oxygen atoms in total. The van der Waals surface area contributed by atoms with E-state index in [0.29, 0.717) is 12.5 Å². The summed E-state index contributed by atoms with van der Waals surface area (Å²) in [6.45, 7) is 9.42. The molecule has 0 aliphatic heterocycles. The number of hydrogen-bond acceptors (Lipinski definition) is 3. The van der Waals surface area contributed by atoms with E-state index in [0.717, 1.165) is 6.54 Å². The van der Waals surface area contributed by atoms with Gasteiger partial charge in [0, 0.05) is 18.6 Å². The van der Waals surface area contributed by atoms with Crippen LogP contribution in [0, 0.1) is 0 Å². The second kappa shape index (κ2) is 10.0. The normalized spacial score (nSPS) is 13.5. The maximum atomic E-state index is 12.0. The summed E-state index contributed by atoms with van der Waals surface area (Å²) in [5.74, 6) is 0.561. The van der Waals surface area contributed by atoms with E-state index in [4.69, 9.17) is 0 Å². The van der Waals surface area contributed by atoms with E-state index < -0.39 is 0 Å². The number of nitrogens with zero attached hydrogens (tertiary/aromatic N) is 2. The first-order valence-corrected chi connectivity index (χ1v) is 8.77. The first-order chi connectivity index (χ1) is 11.7. The summed E-state index contributed by atoms with van der Waals surface area (Å²) in [6.07, 6.45) is 0. The van der Waals surface area contributed by atoms with Gasteiger partial charge in [0.15, 0.2) is 5.96 Å². The van der Waals surface area contributed by atoms with Crippen molar-refractivity contribution < 1.29 is 4.79 Å². The standard InChI is InChI=1S/C19H33N5O/c1-7-20-18(22-14-17(25)23-19(2,3)4)21-13-16(24(5)6)15-11-9-8-10-12-15/h8-12,16H,7,13-14H2,1-6H3,(H,23,25)(H2,20,21,22). The lowest BCUT2D eigenvalue weighted by Gasteiger charge is -2.26. The van der Waals surface area contributed by atoms with Crippen molar-refractivity contribution in [2.45, 2.75) is 39.3 Å². The number of likely N-dealkylation sites (N-methyl/N-ethyl adjacent to an activating group) is 1. The molecule has 6 heteroatoms. The molecule has 0 radical (unpaired) electrons. The predicted octanol–water partition coefficient (Wildman–Crippen LogP) is 1.76. The van der Waals surface area contributed by atoms with Gasteiger partial charge in [0.2, 0.25) is 5.91 Å². The van der Waals surface area contributed by atoms with Crippen LogP contribution in [0.4, 0.5) is 0 Å². The van der Waals surface area contributed by atoms with E-state index in [1.54, 1.807) is 0 Å². The van der Waals surface area contributed by atoms with Gasteiger partial charge in [0.05, 0.1) is 6.04 Å². The first-order valence-electron chi connectivity index (χ1n) is 8.77. The molecule has 1 unspecified atom stereocenters. The summed E-state index contributed by atoms with van der Waals surface area (Å²) in [5.41, 5.74) is 0.989. The Hall–Kier alpha value is -2.08. The Morgan fingerprint density at radius 3 is 2.32 bits per heavy atom. The van der Waals surface area contributed by atoms with Crippen LogP contribution in [0.25, 0.3) is 0 Å². The van der Waals surface area contributed by atoms with E-state index >= 15 is 0 Å². The summed E-state index contributed by atoms with van der Waals surface area (Å²) in [7, 11) is 4.11. The number of aliphatic imine (C=N–C) groups is 1. The number of nitrogens with one attached hydrogen (secondary N) is 3. The maximum Gasteiger partial charge on any atom is 0.242 e. The minimum absolute atomic E-state index is 0.0862. The fourth-order valence-corrected chi connectivity index (χ4v) is 2.42. The van der Waals surface area contributed by atoms with Crippen LogP contribution in [-0.2, 0) is 4.79 Å². The molecule has 0 bridgehead atoms. The minimum Gasteiger partial charge on any atom is -0.357 e. The number of hydrogen-bond donors (Lipinski definition) is 3. The topological polar surface area (TPSA) is 68.8 Å². The Morgan fingerprint density at radius 1 is 1.16 bits per heavy atom. The highest BCUT2D eigenvalue weighted by molar-refractivity contribution is 5.85. The Morgan fingerprint density at radius 2 is 1.80 bits per heavy atom. The number of carbonyl (C=O) groups excluding carboxylic acids is 1. The van der Waals surface area contributed by atoms with Crippen LogP contribution in [-0.4, -0.2) is 56.0 Å². The van der Waals surface area contributed by atoms with Gasteiger partial charge in [-0.05, 0) is 47.4 Å². The van der Waals surface area contributed by atoms with Crippen LogP contribution in [0.1, 0.15) is 39.3 Å². The second-order valence-corrected chi connectivity index (χ2v) is 7.26. The summed E-state index contributed by atoms with van der Waals surface area (Å²) in [5, 5.41) is 9.44. The first kappa shape index (κ1) is 21.0. The van der Waals surface area contributed by atoms with Gasteiger partial charge >= 0.3 is 0 Å². The van der Waals surface area contributed by atoms with Crippen molar-refractivity contribution in [2.24, 2.45) is 4.99 Å². The van der Waals surface area contributed by atoms with Crippen molar-refractivity contribution in [3.05, 3.63) is 35.9 Å².